The number of carbonyl (C=O) groups is 1. The van der Waals surface area contributed by atoms with E-state index >= 15 is 0 Å². The molecule has 7 nitrogen and oxygen atoms in total. The van der Waals surface area contributed by atoms with Crippen LogP contribution in [0, 0.1) is 0 Å². The first-order valence-corrected chi connectivity index (χ1v) is 8.67. The molecule has 0 spiro atoms. The predicted molar refractivity (Wildman–Crippen MR) is 101 cm³/mol. The first-order valence-electron chi connectivity index (χ1n) is 8.67. The maximum absolute atomic E-state index is 12.2. The predicted octanol–water partition coefficient (Wildman–Crippen LogP) is 1.36. The standard InChI is InChI=1S/C18H29N5O2/c1-22(2)17(24)16-9-5-11-23(16)12-6-10-20-18(19)21-14-7-4-8-15(13-14)25-3/h4,7-8,13,16H,5-6,9-12H2,1-3H3,(H3,19,20,21). The number of hydrogen-bond acceptors (Lipinski definition) is 4. The first kappa shape index (κ1) is 19.1. The van der Waals surface area contributed by atoms with Gasteiger partial charge in [-0.1, -0.05) is 6.07 Å². The smallest absolute Gasteiger partial charge is 0.239 e. The van der Waals surface area contributed by atoms with Crippen molar-refractivity contribution in [1.82, 2.24) is 9.80 Å². The summed E-state index contributed by atoms with van der Waals surface area (Å²) in [6, 6.07) is 7.56. The van der Waals surface area contributed by atoms with Crippen LogP contribution in [-0.4, -0.2) is 68.5 Å². The van der Waals surface area contributed by atoms with Crippen LogP contribution in [0.25, 0.3) is 0 Å². The summed E-state index contributed by atoms with van der Waals surface area (Å²) in [5.74, 6) is 1.35. The van der Waals surface area contributed by atoms with E-state index in [0.717, 1.165) is 43.8 Å². The highest BCUT2D eigenvalue weighted by atomic mass is 16.5. The number of nitrogens with two attached hydrogens (primary N) is 1. The average molecular weight is 347 g/mol. The fourth-order valence-electron chi connectivity index (χ4n) is 3.03. The number of aliphatic imine (C=N–C) groups is 1. The molecular weight excluding hydrogens is 318 g/mol. The number of nitrogens with one attached hydrogen (secondary N) is 1. The molecule has 1 unspecified atom stereocenters. The van der Waals surface area contributed by atoms with Crippen LogP contribution in [-0.2, 0) is 4.79 Å². The molecule has 1 atom stereocenters. The Morgan fingerprint density at radius 2 is 2.28 bits per heavy atom. The lowest BCUT2D eigenvalue weighted by atomic mass is 10.2. The second-order valence-electron chi connectivity index (χ2n) is 6.40. The number of methoxy groups -OCH3 is 1. The van der Waals surface area contributed by atoms with Gasteiger partial charge in [-0.05, 0) is 37.9 Å². The summed E-state index contributed by atoms with van der Waals surface area (Å²) in [5.41, 5.74) is 6.77. The second-order valence-corrected chi connectivity index (χ2v) is 6.40. The Hall–Kier alpha value is -2.28. The monoisotopic (exact) mass is 347 g/mol. The van der Waals surface area contributed by atoms with Gasteiger partial charge in [0.05, 0.1) is 13.2 Å². The van der Waals surface area contributed by atoms with Crippen LogP contribution >= 0.6 is 0 Å². The van der Waals surface area contributed by atoms with E-state index in [2.05, 4.69) is 15.2 Å². The van der Waals surface area contributed by atoms with Gasteiger partial charge in [-0.2, -0.15) is 0 Å². The van der Waals surface area contributed by atoms with Gasteiger partial charge in [-0.15, -0.1) is 0 Å². The zero-order valence-electron chi connectivity index (χ0n) is 15.4. The summed E-state index contributed by atoms with van der Waals surface area (Å²) in [7, 11) is 5.26. The molecule has 0 aliphatic carbocycles. The highest BCUT2D eigenvalue weighted by molar-refractivity contribution is 5.92. The number of likely N-dealkylation sites (tertiary alicyclic amines) is 1. The van der Waals surface area contributed by atoms with Gasteiger partial charge >= 0.3 is 0 Å². The first-order chi connectivity index (χ1) is 12.0. The fraction of sp³-hybridized carbons (Fsp3) is 0.556. The normalized spacial score (nSPS) is 18.2. The summed E-state index contributed by atoms with van der Waals surface area (Å²) in [4.78, 5) is 20.5. The lowest BCUT2D eigenvalue weighted by molar-refractivity contribution is -0.133. The third-order valence-electron chi connectivity index (χ3n) is 4.32. The molecular formula is C18H29N5O2. The number of guanidine groups is 1. The van der Waals surface area contributed by atoms with Crippen LogP contribution in [0.2, 0.25) is 0 Å². The fourth-order valence-corrected chi connectivity index (χ4v) is 3.03. The topological polar surface area (TPSA) is 83.2 Å². The van der Waals surface area contributed by atoms with Crippen molar-refractivity contribution in [3.8, 4) is 5.75 Å². The number of amides is 1. The molecule has 1 aromatic carbocycles. The minimum absolute atomic E-state index is 0.0197. The summed E-state index contributed by atoms with van der Waals surface area (Å²) in [6.45, 7) is 2.47. The second kappa shape index (κ2) is 9.27. The lowest BCUT2D eigenvalue weighted by Gasteiger charge is -2.25. The van der Waals surface area contributed by atoms with Crippen molar-refractivity contribution < 1.29 is 9.53 Å². The van der Waals surface area contributed by atoms with Crippen molar-refractivity contribution in [2.45, 2.75) is 25.3 Å². The van der Waals surface area contributed by atoms with Gasteiger partial charge in [0, 0.05) is 38.9 Å². The number of ether oxygens (including phenoxy) is 1. The molecule has 25 heavy (non-hydrogen) atoms. The summed E-state index contributed by atoms with van der Waals surface area (Å²) in [6.07, 6.45) is 2.89. The third-order valence-corrected chi connectivity index (χ3v) is 4.32. The number of hydrogen-bond donors (Lipinski definition) is 2. The minimum Gasteiger partial charge on any atom is -0.497 e. The van der Waals surface area contributed by atoms with Crippen molar-refractivity contribution in [3.63, 3.8) is 0 Å². The molecule has 1 aliphatic rings. The average Bonchev–Trinajstić information content (AvgIpc) is 3.06. The summed E-state index contributed by atoms with van der Waals surface area (Å²) < 4.78 is 5.18. The lowest BCUT2D eigenvalue weighted by Crippen LogP contribution is -2.43. The number of anilines is 1. The molecule has 138 valence electrons. The molecule has 2 rings (SSSR count). The Kier molecular flexibility index (Phi) is 7.06. The van der Waals surface area contributed by atoms with Gasteiger partial charge in [-0.3, -0.25) is 14.7 Å². The summed E-state index contributed by atoms with van der Waals surface area (Å²) in [5, 5.41) is 3.06. The Labute approximate surface area is 149 Å². The van der Waals surface area contributed by atoms with Gasteiger partial charge in [0.25, 0.3) is 0 Å². The van der Waals surface area contributed by atoms with Crippen molar-refractivity contribution in [2.75, 3.05) is 46.2 Å². The minimum atomic E-state index is 0.0197. The van der Waals surface area contributed by atoms with Gasteiger partial charge in [-0.25, -0.2) is 0 Å². The third kappa shape index (κ3) is 5.63. The molecule has 3 N–H and O–H groups in total. The number of nitrogens with zero attached hydrogens (tertiary/aromatic N) is 3. The van der Waals surface area contributed by atoms with E-state index in [0.29, 0.717) is 12.5 Å². The molecule has 0 saturated carbocycles. The SMILES string of the molecule is COc1cccc(NC(N)=NCCCN2CCCC2C(=O)N(C)C)c1. The molecule has 1 aromatic rings. The van der Waals surface area contributed by atoms with Crippen LogP contribution in [0.3, 0.4) is 0 Å². The highest BCUT2D eigenvalue weighted by Crippen LogP contribution is 2.19. The van der Waals surface area contributed by atoms with Crippen LogP contribution in [0.15, 0.2) is 29.3 Å². The van der Waals surface area contributed by atoms with Crippen LogP contribution in [0.5, 0.6) is 5.75 Å². The zero-order chi connectivity index (χ0) is 18.2. The zero-order valence-corrected chi connectivity index (χ0v) is 15.4. The van der Waals surface area contributed by atoms with E-state index in [-0.39, 0.29) is 11.9 Å². The highest BCUT2D eigenvalue weighted by Gasteiger charge is 2.30. The van der Waals surface area contributed by atoms with Crippen molar-refractivity contribution >= 4 is 17.6 Å². The molecule has 1 heterocycles. The number of likely N-dealkylation sites (N-methyl/N-ethyl adjacent to an activating group) is 1. The maximum Gasteiger partial charge on any atom is 0.239 e. The Balaban J connectivity index is 1.77. The quantitative estimate of drug-likeness (QED) is 0.442. The maximum atomic E-state index is 12.2. The van der Waals surface area contributed by atoms with Crippen molar-refractivity contribution in [2.24, 2.45) is 10.7 Å². The molecule has 1 aliphatic heterocycles. The van der Waals surface area contributed by atoms with E-state index in [1.165, 1.54) is 0 Å². The molecule has 0 bridgehead atoms. The van der Waals surface area contributed by atoms with E-state index < -0.39 is 0 Å². The molecule has 7 heteroatoms. The molecule has 0 aromatic heterocycles. The Morgan fingerprint density at radius 1 is 1.48 bits per heavy atom. The van der Waals surface area contributed by atoms with Gasteiger partial charge in [0.2, 0.25) is 5.91 Å². The molecule has 1 fully saturated rings. The van der Waals surface area contributed by atoms with E-state index in [1.807, 2.05) is 38.4 Å². The largest absolute Gasteiger partial charge is 0.497 e. The van der Waals surface area contributed by atoms with Crippen molar-refractivity contribution in [3.05, 3.63) is 24.3 Å². The molecule has 1 saturated heterocycles. The summed E-state index contributed by atoms with van der Waals surface area (Å²) >= 11 is 0. The van der Waals surface area contributed by atoms with Gasteiger partial charge in [0.1, 0.15) is 5.75 Å². The van der Waals surface area contributed by atoms with E-state index in [1.54, 1.807) is 12.0 Å². The number of carbonyl (C=O) groups excluding carboxylic acids is 1. The van der Waals surface area contributed by atoms with Crippen molar-refractivity contribution in [1.29, 1.82) is 0 Å². The van der Waals surface area contributed by atoms with Crippen LogP contribution < -0.4 is 15.8 Å². The van der Waals surface area contributed by atoms with E-state index in [9.17, 15) is 4.79 Å². The van der Waals surface area contributed by atoms with Gasteiger partial charge < -0.3 is 20.7 Å². The van der Waals surface area contributed by atoms with Crippen LogP contribution in [0.4, 0.5) is 5.69 Å². The molecule has 0 radical (unpaired) electrons. The Morgan fingerprint density at radius 3 is 3.00 bits per heavy atom. The van der Waals surface area contributed by atoms with Gasteiger partial charge in [0.15, 0.2) is 5.96 Å². The van der Waals surface area contributed by atoms with Crippen LogP contribution in [0.1, 0.15) is 19.3 Å². The van der Waals surface area contributed by atoms with E-state index in [4.69, 9.17) is 10.5 Å². The Bertz CT molecular complexity index is 603. The number of benzene rings is 1. The number of rotatable bonds is 7. The molecule has 1 amide bonds.